The average Bonchev–Trinajstić information content (AvgIpc) is 3.13. The lowest BCUT2D eigenvalue weighted by Gasteiger charge is -2.33. The van der Waals surface area contributed by atoms with Gasteiger partial charge in [-0.05, 0) is 43.9 Å². The van der Waals surface area contributed by atoms with E-state index in [-0.39, 0.29) is 23.6 Å². The van der Waals surface area contributed by atoms with Crippen molar-refractivity contribution >= 4 is 29.2 Å². The minimum atomic E-state index is -0.276. The van der Waals surface area contributed by atoms with Crippen LogP contribution in [0.25, 0.3) is 0 Å². The van der Waals surface area contributed by atoms with Crippen LogP contribution in [0, 0.1) is 12.8 Å². The zero-order chi connectivity index (χ0) is 20.1. The van der Waals surface area contributed by atoms with E-state index in [1.807, 2.05) is 0 Å². The predicted molar refractivity (Wildman–Crippen MR) is 105 cm³/mol. The summed E-state index contributed by atoms with van der Waals surface area (Å²) in [5.74, 6) is 1.02. The molecule has 1 aromatic carbocycles. The molecule has 1 aromatic heterocycles. The highest BCUT2D eigenvalue weighted by atomic mass is 35.5. The lowest BCUT2D eigenvalue weighted by atomic mass is 9.98. The van der Waals surface area contributed by atoms with Crippen molar-refractivity contribution in [2.24, 2.45) is 5.92 Å². The number of carbonyl (C=O) groups excluding carboxylic acids is 2. The molecule has 0 radical (unpaired) electrons. The maximum Gasteiger partial charge on any atom is 0.321 e. The summed E-state index contributed by atoms with van der Waals surface area (Å²) in [4.78, 5) is 26.5. The maximum atomic E-state index is 12.7. The second kappa shape index (κ2) is 8.97. The van der Waals surface area contributed by atoms with E-state index >= 15 is 0 Å². The van der Waals surface area contributed by atoms with Gasteiger partial charge in [-0.2, -0.15) is 0 Å². The lowest BCUT2D eigenvalue weighted by molar-refractivity contribution is 0.0929. The van der Waals surface area contributed by atoms with Crippen molar-refractivity contribution in [2.45, 2.75) is 19.8 Å². The number of methoxy groups -OCH3 is 1. The van der Waals surface area contributed by atoms with Crippen LogP contribution in [0.3, 0.4) is 0 Å². The first kappa shape index (κ1) is 20.0. The van der Waals surface area contributed by atoms with Gasteiger partial charge in [-0.3, -0.25) is 4.79 Å². The summed E-state index contributed by atoms with van der Waals surface area (Å²) in [7, 11) is 1.54. The summed E-state index contributed by atoms with van der Waals surface area (Å²) in [5, 5.41) is 9.93. The molecule has 150 valence electrons. The van der Waals surface area contributed by atoms with Gasteiger partial charge < -0.3 is 24.8 Å². The Bertz CT molecular complexity index is 854. The summed E-state index contributed by atoms with van der Waals surface area (Å²) in [6.45, 7) is 3.40. The number of rotatable bonds is 5. The van der Waals surface area contributed by atoms with Crippen LogP contribution >= 0.6 is 11.6 Å². The third-order valence-electron chi connectivity index (χ3n) is 4.62. The molecule has 1 aliphatic heterocycles. The highest BCUT2D eigenvalue weighted by molar-refractivity contribution is 6.31. The molecular formula is C19H23ClN4O4. The number of hydrogen-bond donors (Lipinski definition) is 2. The van der Waals surface area contributed by atoms with Crippen molar-refractivity contribution in [1.82, 2.24) is 15.4 Å². The van der Waals surface area contributed by atoms with Crippen LogP contribution in [-0.2, 0) is 0 Å². The van der Waals surface area contributed by atoms with Crippen molar-refractivity contribution in [1.29, 1.82) is 0 Å². The molecular weight excluding hydrogens is 384 g/mol. The van der Waals surface area contributed by atoms with Crippen LogP contribution in [0.1, 0.15) is 29.1 Å². The fourth-order valence-electron chi connectivity index (χ4n) is 3.19. The second-order valence-corrected chi connectivity index (χ2v) is 7.20. The molecule has 8 nitrogen and oxygen atoms in total. The SMILES string of the molecule is COc1ccc(Cl)cc1NC(=O)N1CCC[C@H](CNC(=O)c2cc(C)on2)C1. The predicted octanol–water partition coefficient (Wildman–Crippen LogP) is 3.32. The van der Waals surface area contributed by atoms with Gasteiger partial charge in [-0.25, -0.2) is 4.79 Å². The van der Waals surface area contributed by atoms with Crippen LogP contribution in [0.5, 0.6) is 5.75 Å². The molecule has 28 heavy (non-hydrogen) atoms. The number of aromatic nitrogens is 1. The van der Waals surface area contributed by atoms with Crippen LogP contribution < -0.4 is 15.4 Å². The van der Waals surface area contributed by atoms with Gasteiger partial charge in [0.2, 0.25) is 0 Å². The summed E-state index contributed by atoms with van der Waals surface area (Å²) in [5.41, 5.74) is 0.785. The summed E-state index contributed by atoms with van der Waals surface area (Å²) >= 11 is 6.02. The van der Waals surface area contributed by atoms with Gasteiger partial charge in [0.15, 0.2) is 5.69 Å². The van der Waals surface area contributed by atoms with Crippen molar-refractivity contribution in [3.05, 3.63) is 40.7 Å². The van der Waals surface area contributed by atoms with E-state index in [2.05, 4.69) is 15.8 Å². The third-order valence-corrected chi connectivity index (χ3v) is 4.86. The molecule has 2 aromatic rings. The van der Waals surface area contributed by atoms with E-state index in [1.54, 1.807) is 36.1 Å². The number of hydrogen-bond acceptors (Lipinski definition) is 5. The third kappa shape index (κ3) is 4.95. The van der Waals surface area contributed by atoms with Gasteiger partial charge in [0.05, 0.1) is 12.8 Å². The summed E-state index contributed by atoms with van der Waals surface area (Å²) in [6, 6.07) is 6.43. The van der Waals surface area contributed by atoms with Gasteiger partial charge in [0.25, 0.3) is 5.91 Å². The molecule has 2 N–H and O–H groups in total. The normalized spacial score (nSPS) is 16.5. The van der Waals surface area contributed by atoms with E-state index in [0.717, 1.165) is 12.8 Å². The number of piperidine rings is 1. The van der Waals surface area contributed by atoms with Crippen molar-refractivity contribution in [3.8, 4) is 5.75 Å². The minimum absolute atomic E-state index is 0.165. The number of benzene rings is 1. The van der Waals surface area contributed by atoms with Crippen LogP contribution in [0.2, 0.25) is 5.02 Å². The lowest BCUT2D eigenvalue weighted by Crippen LogP contribution is -2.45. The number of nitrogens with zero attached hydrogens (tertiary/aromatic N) is 2. The second-order valence-electron chi connectivity index (χ2n) is 6.76. The van der Waals surface area contributed by atoms with Gasteiger partial charge in [-0.15, -0.1) is 0 Å². The van der Waals surface area contributed by atoms with E-state index in [4.69, 9.17) is 20.9 Å². The van der Waals surface area contributed by atoms with Crippen molar-refractivity contribution in [2.75, 3.05) is 32.1 Å². The fourth-order valence-corrected chi connectivity index (χ4v) is 3.36. The highest BCUT2D eigenvalue weighted by Gasteiger charge is 2.25. The fraction of sp³-hybridized carbons (Fsp3) is 0.421. The Morgan fingerprint density at radius 2 is 2.21 bits per heavy atom. The summed E-state index contributed by atoms with van der Waals surface area (Å²) < 4.78 is 10.2. The molecule has 9 heteroatoms. The number of amides is 3. The molecule has 3 rings (SSSR count). The van der Waals surface area contributed by atoms with Gasteiger partial charge in [0, 0.05) is 30.7 Å². The summed E-state index contributed by atoms with van der Waals surface area (Å²) in [6.07, 6.45) is 1.80. The first-order valence-corrected chi connectivity index (χ1v) is 9.45. The Balaban J connectivity index is 1.55. The number of carbonyl (C=O) groups is 2. The van der Waals surface area contributed by atoms with Crippen molar-refractivity contribution < 1.29 is 18.8 Å². The molecule has 1 saturated heterocycles. The van der Waals surface area contributed by atoms with E-state index in [1.165, 1.54) is 7.11 Å². The molecule has 1 atom stereocenters. The monoisotopic (exact) mass is 406 g/mol. The van der Waals surface area contributed by atoms with Gasteiger partial charge >= 0.3 is 6.03 Å². The number of ether oxygens (including phenoxy) is 1. The van der Waals surface area contributed by atoms with E-state index < -0.39 is 0 Å². The largest absolute Gasteiger partial charge is 0.495 e. The molecule has 0 spiro atoms. The number of halogens is 1. The Hall–Kier alpha value is -2.74. The molecule has 1 aliphatic rings. The number of aryl methyl sites for hydroxylation is 1. The Morgan fingerprint density at radius 1 is 1.39 bits per heavy atom. The highest BCUT2D eigenvalue weighted by Crippen LogP contribution is 2.28. The zero-order valence-corrected chi connectivity index (χ0v) is 16.6. The molecule has 2 heterocycles. The first-order chi connectivity index (χ1) is 13.5. The number of nitrogens with one attached hydrogen (secondary N) is 2. The van der Waals surface area contributed by atoms with E-state index in [0.29, 0.717) is 41.9 Å². The topological polar surface area (TPSA) is 96.7 Å². The number of urea groups is 1. The van der Waals surface area contributed by atoms with Gasteiger partial charge in [-0.1, -0.05) is 16.8 Å². The number of likely N-dealkylation sites (tertiary alicyclic amines) is 1. The van der Waals surface area contributed by atoms with Crippen LogP contribution in [-0.4, -0.2) is 48.7 Å². The minimum Gasteiger partial charge on any atom is -0.495 e. The molecule has 3 amide bonds. The first-order valence-electron chi connectivity index (χ1n) is 9.07. The molecule has 1 fully saturated rings. The average molecular weight is 407 g/mol. The maximum absolute atomic E-state index is 12.7. The Labute approximate surface area is 168 Å². The zero-order valence-electron chi connectivity index (χ0n) is 15.8. The molecule has 0 aliphatic carbocycles. The standard InChI is InChI=1S/C19H23ClN4O4/c1-12-8-16(23-28-12)18(25)21-10-13-4-3-7-24(11-13)19(26)22-15-9-14(20)5-6-17(15)27-2/h5-6,8-9,13H,3-4,7,10-11H2,1-2H3,(H,21,25)(H,22,26)/t13-/m1/s1. The molecule has 0 bridgehead atoms. The quantitative estimate of drug-likeness (QED) is 0.793. The molecule has 0 saturated carbocycles. The Kier molecular flexibility index (Phi) is 6.41. The van der Waals surface area contributed by atoms with Crippen molar-refractivity contribution in [3.63, 3.8) is 0 Å². The van der Waals surface area contributed by atoms with Crippen LogP contribution in [0.4, 0.5) is 10.5 Å². The van der Waals surface area contributed by atoms with Gasteiger partial charge in [0.1, 0.15) is 11.5 Å². The molecule has 0 unspecified atom stereocenters. The van der Waals surface area contributed by atoms with Crippen LogP contribution in [0.15, 0.2) is 28.8 Å². The Morgan fingerprint density at radius 3 is 2.93 bits per heavy atom. The smallest absolute Gasteiger partial charge is 0.321 e. The van der Waals surface area contributed by atoms with E-state index in [9.17, 15) is 9.59 Å². The number of anilines is 1.